The molecule has 3 rings (SSSR count). The van der Waals surface area contributed by atoms with Crippen molar-refractivity contribution in [2.75, 3.05) is 12.4 Å². The third kappa shape index (κ3) is 5.71. The number of hydrogen-bond acceptors (Lipinski definition) is 7. The molecular weight excluding hydrogens is 397 g/mol. The number of hydrogen-bond donors (Lipinski definition) is 1. The SMILES string of the molecule is COc1ccc(NC(=O)[C@H](C)Sc2nnc([C@@H](C)Oc3ccc(F)cc3)o2)cc1. The summed E-state index contributed by atoms with van der Waals surface area (Å²) in [5, 5.41) is 10.5. The predicted molar refractivity (Wildman–Crippen MR) is 107 cm³/mol. The largest absolute Gasteiger partial charge is 0.497 e. The zero-order chi connectivity index (χ0) is 20.8. The van der Waals surface area contributed by atoms with Crippen molar-refractivity contribution >= 4 is 23.4 Å². The van der Waals surface area contributed by atoms with Gasteiger partial charge in [-0.2, -0.15) is 0 Å². The highest BCUT2D eigenvalue weighted by molar-refractivity contribution is 8.00. The molecule has 0 aliphatic heterocycles. The van der Waals surface area contributed by atoms with E-state index >= 15 is 0 Å². The number of thioether (sulfide) groups is 1. The molecule has 1 heterocycles. The second-order valence-corrected chi connectivity index (χ2v) is 7.39. The van der Waals surface area contributed by atoms with E-state index in [9.17, 15) is 9.18 Å². The molecule has 29 heavy (non-hydrogen) atoms. The van der Waals surface area contributed by atoms with E-state index in [0.29, 0.717) is 17.2 Å². The number of methoxy groups -OCH3 is 1. The van der Waals surface area contributed by atoms with Gasteiger partial charge in [-0.1, -0.05) is 11.8 Å². The zero-order valence-corrected chi connectivity index (χ0v) is 16.9. The van der Waals surface area contributed by atoms with Crippen molar-refractivity contribution in [3.63, 3.8) is 0 Å². The Balaban J connectivity index is 1.55. The molecule has 1 N–H and O–H groups in total. The zero-order valence-electron chi connectivity index (χ0n) is 16.1. The summed E-state index contributed by atoms with van der Waals surface area (Å²) in [7, 11) is 1.58. The smallest absolute Gasteiger partial charge is 0.277 e. The maximum Gasteiger partial charge on any atom is 0.277 e. The standard InChI is InChI=1S/C20H20FN3O4S/c1-12(27-17-8-4-14(21)5-9-17)19-23-24-20(28-19)29-13(2)18(25)22-15-6-10-16(26-3)11-7-15/h4-13H,1-3H3,(H,22,25)/t12-,13+/m1/s1. The Bertz CT molecular complexity index is 947. The van der Waals surface area contributed by atoms with Gasteiger partial charge in [0.1, 0.15) is 17.3 Å². The fourth-order valence-corrected chi connectivity index (χ4v) is 3.01. The molecule has 0 unspecified atom stereocenters. The van der Waals surface area contributed by atoms with Gasteiger partial charge < -0.3 is 19.2 Å². The number of ether oxygens (including phenoxy) is 2. The first-order valence-corrected chi connectivity index (χ1v) is 9.70. The molecule has 9 heteroatoms. The van der Waals surface area contributed by atoms with Crippen molar-refractivity contribution in [3.8, 4) is 11.5 Å². The van der Waals surface area contributed by atoms with Crippen LogP contribution in [0.1, 0.15) is 25.8 Å². The van der Waals surface area contributed by atoms with Crippen LogP contribution in [0.15, 0.2) is 58.2 Å². The van der Waals surface area contributed by atoms with Crippen LogP contribution in [-0.4, -0.2) is 28.5 Å². The molecule has 0 saturated carbocycles. The molecule has 7 nitrogen and oxygen atoms in total. The van der Waals surface area contributed by atoms with Crippen LogP contribution >= 0.6 is 11.8 Å². The minimum Gasteiger partial charge on any atom is -0.497 e. The van der Waals surface area contributed by atoms with E-state index in [0.717, 1.165) is 11.8 Å². The van der Waals surface area contributed by atoms with Gasteiger partial charge in [-0.05, 0) is 62.4 Å². The van der Waals surface area contributed by atoms with Crippen molar-refractivity contribution < 1.29 is 23.1 Å². The second-order valence-electron chi connectivity index (χ2n) is 6.10. The normalized spacial score (nSPS) is 12.8. The molecule has 1 amide bonds. The van der Waals surface area contributed by atoms with Crippen molar-refractivity contribution in [2.24, 2.45) is 0 Å². The Morgan fingerprint density at radius 2 is 1.72 bits per heavy atom. The monoisotopic (exact) mass is 417 g/mol. The van der Waals surface area contributed by atoms with Crippen LogP contribution in [0.3, 0.4) is 0 Å². The molecule has 1 aromatic heterocycles. The van der Waals surface area contributed by atoms with E-state index in [1.807, 2.05) is 0 Å². The lowest BCUT2D eigenvalue weighted by Crippen LogP contribution is -2.22. The molecule has 3 aromatic rings. The molecular formula is C20H20FN3O4S. The van der Waals surface area contributed by atoms with E-state index in [1.165, 1.54) is 24.3 Å². The molecule has 2 aromatic carbocycles. The first-order chi connectivity index (χ1) is 13.9. The number of halogens is 1. The summed E-state index contributed by atoms with van der Waals surface area (Å²) in [5.74, 6) is 0.915. The number of anilines is 1. The number of carbonyl (C=O) groups excluding carboxylic acids is 1. The maximum atomic E-state index is 13.0. The number of aromatic nitrogens is 2. The van der Waals surface area contributed by atoms with Gasteiger partial charge in [0.25, 0.3) is 11.1 Å². The quantitative estimate of drug-likeness (QED) is 0.541. The number of carbonyl (C=O) groups is 1. The topological polar surface area (TPSA) is 86.5 Å². The summed E-state index contributed by atoms with van der Waals surface area (Å²) < 4.78 is 29.3. The van der Waals surface area contributed by atoms with Gasteiger partial charge in [0, 0.05) is 5.69 Å². The van der Waals surface area contributed by atoms with Crippen LogP contribution in [0.2, 0.25) is 0 Å². The van der Waals surface area contributed by atoms with Gasteiger partial charge in [-0.25, -0.2) is 4.39 Å². The van der Waals surface area contributed by atoms with Gasteiger partial charge in [0.15, 0.2) is 6.10 Å². The fraction of sp³-hybridized carbons (Fsp3) is 0.250. The Hall–Kier alpha value is -3.07. The Kier molecular flexibility index (Phi) is 6.71. The molecule has 2 atom stereocenters. The van der Waals surface area contributed by atoms with Gasteiger partial charge in [-0.3, -0.25) is 4.79 Å². The van der Waals surface area contributed by atoms with Gasteiger partial charge >= 0.3 is 0 Å². The van der Waals surface area contributed by atoms with E-state index < -0.39 is 11.4 Å². The number of nitrogens with one attached hydrogen (secondary N) is 1. The number of nitrogens with zero attached hydrogens (tertiary/aromatic N) is 2. The number of rotatable bonds is 8. The molecule has 0 fully saturated rings. The molecule has 0 aliphatic carbocycles. The minimum absolute atomic E-state index is 0.199. The van der Waals surface area contributed by atoms with Crippen LogP contribution in [0.5, 0.6) is 11.5 Å². The summed E-state index contributed by atoms with van der Waals surface area (Å²) in [6.07, 6.45) is -0.522. The first-order valence-electron chi connectivity index (χ1n) is 8.82. The lowest BCUT2D eigenvalue weighted by Gasteiger charge is -2.11. The lowest BCUT2D eigenvalue weighted by atomic mass is 10.3. The third-order valence-electron chi connectivity index (χ3n) is 3.90. The van der Waals surface area contributed by atoms with Crippen LogP contribution in [0, 0.1) is 5.82 Å². The molecule has 0 bridgehead atoms. The van der Waals surface area contributed by atoms with Crippen LogP contribution in [0.25, 0.3) is 0 Å². The average Bonchev–Trinajstić information content (AvgIpc) is 3.19. The van der Waals surface area contributed by atoms with E-state index in [2.05, 4.69) is 15.5 Å². The molecule has 0 radical (unpaired) electrons. The summed E-state index contributed by atoms with van der Waals surface area (Å²) in [4.78, 5) is 12.4. The van der Waals surface area contributed by atoms with Crippen molar-refractivity contribution in [3.05, 3.63) is 60.2 Å². The van der Waals surface area contributed by atoms with Gasteiger partial charge in [-0.15, -0.1) is 10.2 Å². The number of benzene rings is 2. The molecule has 0 aliphatic rings. The summed E-state index contributed by atoms with van der Waals surface area (Å²) in [5.41, 5.74) is 0.663. The van der Waals surface area contributed by atoms with Crippen molar-refractivity contribution in [1.29, 1.82) is 0 Å². The highest BCUT2D eigenvalue weighted by atomic mass is 32.2. The van der Waals surface area contributed by atoms with Crippen molar-refractivity contribution in [1.82, 2.24) is 10.2 Å². The molecule has 0 saturated heterocycles. The Labute approximate surface area is 171 Å². The van der Waals surface area contributed by atoms with Crippen LogP contribution in [0.4, 0.5) is 10.1 Å². The Morgan fingerprint density at radius 3 is 2.38 bits per heavy atom. The summed E-state index contributed by atoms with van der Waals surface area (Å²) >= 11 is 1.14. The van der Waals surface area contributed by atoms with Gasteiger partial charge in [0.2, 0.25) is 5.91 Å². The maximum absolute atomic E-state index is 13.0. The Morgan fingerprint density at radius 1 is 1.07 bits per heavy atom. The molecule has 152 valence electrons. The summed E-state index contributed by atoms with van der Waals surface area (Å²) in [6, 6.07) is 12.7. The van der Waals surface area contributed by atoms with Crippen LogP contribution in [-0.2, 0) is 4.79 Å². The third-order valence-corrected chi connectivity index (χ3v) is 4.83. The average molecular weight is 417 g/mol. The van der Waals surface area contributed by atoms with Crippen molar-refractivity contribution in [2.45, 2.75) is 30.4 Å². The van der Waals surface area contributed by atoms with Gasteiger partial charge in [0.05, 0.1) is 12.4 Å². The van der Waals surface area contributed by atoms with Crippen LogP contribution < -0.4 is 14.8 Å². The highest BCUT2D eigenvalue weighted by Gasteiger charge is 2.21. The molecule has 0 spiro atoms. The highest BCUT2D eigenvalue weighted by Crippen LogP contribution is 2.27. The van der Waals surface area contributed by atoms with E-state index in [-0.39, 0.29) is 22.8 Å². The first kappa shape index (κ1) is 20.7. The fourth-order valence-electron chi connectivity index (χ4n) is 2.32. The predicted octanol–water partition coefficient (Wildman–Crippen LogP) is 4.48. The minimum atomic E-state index is -0.522. The second kappa shape index (κ2) is 9.42. The van der Waals surface area contributed by atoms with E-state index in [4.69, 9.17) is 13.9 Å². The lowest BCUT2D eigenvalue weighted by molar-refractivity contribution is -0.115. The number of amides is 1. The van der Waals surface area contributed by atoms with E-state index in [1.54, 1.807) is 45.2 Å². The summed E-state index contributed by atoms with van der Waals surface area (Å²) in [6.45, 7) is 3.48.